The van der Waals surface area contributed by atoms with Gasteiger partial charge in [0, 0.05) is 12.6 Å². The molecule has 3 saturated heterocycles. The van der Waals surface area contributed by atoms with Crippen LogP contribution in [-0.2, 0) is 24.0 Å². The van der Waals surface area contributed by atoms with Crippen molar-refractivity contribution in [3.05, 3.63) is 0 Å². The highest BCUT2D eigenvalue weighted by molar-refractivity contribution is 5.88. The highest BCUT2D eigenvalue weighted by Crippen LogP contribution is 2.30. The van der Waals surface area contributed by atoms with Crippen LogP contribution >= 0.6 is 0 Å². The van der Waals surface area contributed by atoms with Crippen LogP contribution in [-0.4, -0.2) is 78.9 Å². The van der Waals surface area contributed by atoms with Gasteiger partial charge in [-0.1, -0.05) is 6.42 Å². The van der Waals surface area contributed by atoms with E-state index in [4.69, 9.17) is 14.4 Å². The summed E-state index contributed by atoms with van der Waals surface area (Å²) < 4.78 is 4.80. The molecule has 3 amide bonds. The first-order chi connectivity index (χ1) is 13.1. The monoisotopic (exact) mass is 384 g/mol. The van der Waals surface area contributed by atoms with E-state index in [2.05, 4.69) is 10.8 Å². The zero-order chi connectivity index (χ0) is 19.2. The maximum atomic E-state index is 12.5. The largest absolute Gasteiger partial charge is 0.464 e. The molecule has 0 radical (unpaired) electrons. The number of hydrogen-bond donors (Lipinski definition) is 2. The summed E-state index contributed by atoms with van der Waals surface area (Å²) in [5.41, 5.74) is 2.48. The van der Waals surface area contributed by atoms with Gasteiger partial charge >= 0.3 is 12.0 Å². The van der Waals surface area contributed by atoms with Crippen LogP contribution in [0.2, 0.25) is 0 Å². The number of esters is 1. The van der Waals surface area contributed by atoms with Gasteiger partial charge in [-0.15, -0.1) is 0 Å². The molecule has 0 aliphatic carbocycles. The van der Waals surface area contributed by atoms with Gasteiger partial charge in [-0.25, -0.2) is 15.1 Å². The van der Waals surface area contributed by atoms with E-state index in [9.17, 15) is 14.4 Å². The number of piperidine rings is 2. The lowest BCUT2D eigenvalue weighted by molar-refractivity contribution is -0.172. The van der Waals surface area contributed by atoms with Gasteiger partial charge in [0.15, 0.2) is 6.61 Å². The SMILES string of the molecule is CCOC(=O)CON1C(=O)N2C[C@H]1CC[C@H]2C(=O)NOC[C@@H]1CCCCN1. The Kier molecular flexibility index (Phi) is 6.86. The molecular weight excluding hydrogens is 356 g/mol. The van der Waals surface area contributed by atoms with Crippen molar-refractivity contribution < 1.29 is 28.8 Å². The van der Waals surface area contributed by atoms with E-state index >= 15 is 0 Å². The van der Waals surface area contributed by atoms with Crippen molar-refractivity contribution in [2.24, 2.45) is 0 Å². The molecule has 10 heteroatoms. The second-order valence-electron chi connectivity index (χ2n) is 7.01. The number of hydrogen-bond acceptors (Lipinski definition) is 7. The smallest absolute Gasteiger partial charge is 0.345 e. The second-order valence-corrected chi connectivity index (χ2v) is 7.01. The van der Waals surface area contributed by atoms with Gasteiger partial charge in [0.25, 0.3) is 5.91 Å². The molecule has 152 valence electrons. The summed E-state index contributed by atoms with van der Waals surface area (Å²) in [6.45, 7) is 3.40. The molecule has 27 heavy (non-hydrogen) atoms. The van der Waals surface area contributed by atoms with E-state index in [0.717, 1.165) is 25.8 Å². The summed E-state index contributed by atoms with van der Waals surface area (Å²) >= 11 is 0. The molecule has 0 aromatic rings. The minimum Gasteiger partial charge on any atom is -0.464 e. The third-order valence-electron chi connectivity index (χ3n) is 5.12. The van der Waals surface area contributed by atoms with E-state index in [1.165, 1.54) is 9.96 Å². The van der Waals surface area contributed by atoms with Gasteiger partial charge in [0.05, 0.1) is 19.3 Å². The summed E-state index contributed by atoms with van der Waals surface area (Å²) in [7, 11) is 0. The Balaban J connectivity index is 1.45. The van der Waals surface area contributed by atoms with Gasteiger partial charge in [-0.3, -0.25) is 14.5 Å². The molecular formula is C17H28N4O6. The summed E-state index contributed by atoms with van der Waals surface area (Å²) in [4.78, 5) is 48.6. The molecule has 0 unspecified atom stereocenters. The number of rotatable bonds is 8. The van der Waals surface area contributed by atoms with Gasteiger partial charge in [-0.2, -0.15) is 5.06 Å². The standard InChI is InChI=1S/C17H28N4O6/c1-2-25-15(22)11-27-21-13-6-7-14(20(9-13)17(21)24)16(23)19-26-10-12-5-3-4-8-18-12/h12-14,18H,2-11H2,1H3,(H,19,23)/t12-,13+,14-/m0/s1. The van der Waals surface area contributed by atoms with Crippen LogP contribution in [0.3, 0.4) is 0 Å². The predicted molar refractivity (Wildman–Crippen MR) is 93.1 cm³/mol. The lowest BCUT2D eigenvalue weighted by atomic mass is 10.0. The first kappa shape index (κ1) is 19.8. The Morgan fingerprint density at radius 1 is 1.26 bits per heavy atom. The van der Waals surface area contributed by atoms with Crippen molar-refractivity contribution in [1.82, 2.24) is 20.8 Å². The average Bonchev–Trinajstić information content (AvgIpc) is 2.91. The van der Waals surface area contributed by atoms with E-state index in [-0.39, 0.29) is 31.2 Å². The maximum Gasteiger partial charge on any atom is 0.345 e. The number of nitrogens with one attached hydrogen (secondary N) is 2. The maximum absolute atomic E-state index is 12.5. The molecule has 3 atom stereocenters. The lowest BCUT2D eigenvalue weighted by Crippen LogP contribution is -2.50. The van der Waals surface area contributed by atoms with Crippen LogP contribution in [0, 0.1) is 0 Å². The van der Waals surface area contributed by atoms with Gasteiger partial charge in [-0.05, 0) is 39.2 Å². The molecule has 0 saturated carbocycles. The lowest BCUT2D eigenvalue weighted by Gasteiger charge is -2.29. The minimum absolute atomic E-state index is 0.164. The molecule has 3 fully saturated rings. The molecule has 2 bridgehead atoms. The Morgan fingerprint density at radius 2 is 2.11 bits per heavy atom. The number of ether oxygens (including phenoxy) is 1. The van der Waals surface area contributed by atoms with Crippen molar-refractivity contribution in [2.45, 2.75) is 57.2 Å². The quantitative estimate of drug-likeness (QED) is 0.446. The molecule has 2 N–H and O–H groups in total. The molecule has 0 aromatic heterocycles. The fourth-order valence-corrected chi connectivity index (χ4v) is 3.74. The van der Waals surface area contributed by atoms with Crippen LogP contribution in [0.5, 0.6) is 0 Å². The highest BCUT2D eigenvalue weighted by atomic mass is 16.7. The molecule has 0 aromatic carbocycles. The van der Waals surface area contributed by atoms with Crippen LogP contribution in [0.25, 0.3) is 0 Å². The number of nitrogens with zero attached hydrogens (tertiary/aromatic N) is 2. The van der Waals surface area contributed by atoms with E-state index in [1.807, 2.05) is 0 Å². The number of carbonyl (C=O) groups excluding carboxylic acids is 3. The second kappa shape index (κ2) is 9.34. The Bertz CT molecular complexity index is 554. The van der Waals surface area contributed by atoms with Crippen LogP contribution in [0.1, 0.15) is 39.0 Å². The fraction of sp³-hybridized carbons (Fsp3) is 0.824. The zero-order valence-corrected chi connectivity index (χ0v) is 15.6. The van der Waals surface area contributed by atoms with E-state index in [1.54, 1.807) is 6.92 Å². The third-order valence-corrected chi connectivity index (χ3v) is 5.12. The Hall–Kier alpha value is -1.91. The number of amides is 3. The summed E-state index contributed by atoms with van der Waals surface area (Å²) in [5.74, 6) is -0.856. The van der Waals surface area contributed by atoms with Crippen LogP contribution < -0.4 is 10.8 Å². The third kappa shape index (κ3) is 4.88. The molecule has 3 aliphatic rings. The van der Waals surface area contributed by atoms with Gasteiger partial charge in [0.1, 0.15) is 6.04 Å². The molecule has 3 rings (SSSR count). The summed E-state index contributed by atoms with van der Waals surface area (Å²) in [5, 5.41) is 4.53. The Morgan fingerprint density at radius 3 is 2.85 bits per heavy atom. The normalized spacial score (nSPS) is 27.6. The molecule has 3 heterocycles. The van der Waals surface area contributed by atoms with Gasteiger partial charge in [0.2, 0.25) is 0 Å². The Labute approximate surface area is 158 Å². The molecule has 3 aliphatic heterocycles. The molecule has 10 nitrogen and oxygen atoms in total. The van der Waals surface area contributed by atoms with Crippen molar-refractivity contribution in [2.75, 3.05) is 32.9 Å². The van der Waals surface area contributed by atoms with E-state index < -0.39 is 18.0 Å². The number of carbonyl (C=O) groups is 3. The number of hydroxylamine groups is 3. The summed E-state index contributed by atoms with van der Waals surface area (Å²) in [6.07, 6.45) is 4.49. The predicted octanol–water partition coefficient (Wildman–Crippen LogP) is -0.0604. The highest BCUT2D eigenvalue weighted by Gasteiger charge is 2.48. The minimum atomic E-state index is -0.593. The number of fused-ring (bicyclic) bond motifs is 2. The zero-order valence-electron chi connectivity index (χ0n) is 15.6. The first-order valence-electron chi connectivity index (χ1n) is 9.63. The number of urea groups is 1. The topological polar surface area (TPSA) is 109 Å². The molecule has 0 spiro atoms. The van der Waals surface area contributed by atoms with Crippen molar-refractivity contribution >= 4 is 17.9 Å². The van der Waals surface area contributed by atoms with Crippen LogP contribution in [0.15, 0.2) is 0 Å². The van der Waals surface area contributed by atoms with Crippen molar-refractivity contribution in [1.29, 1.82) is 0 Å². The van der Waals surface area contributed by atoms with Crippen molar-refractivity contribution in [3.8, 4) is 0 Å². The van der Waals surface area contributed by atoms with E-state index in [0.29, 0.717) is 26.0 Å². The average molecular weight is 384 g/mol. The van der Waals surface area contributed by atoms with Gasteiger partial charge < -0.3 is 15.0 Å². The summed E-state index contributed by atoms with van der Waals surface area (Å²) in [6, 6.07) is -0.918. The van der Waals surface area contributed by atoms with Crippen LogP contribution in [0.4, 0.5) is 4.79 Å². The fourth-order valence-electron chi connectivity index (χ4n) is 3.74. The van der Waals surface area contributed by atoms with Crippen molar-refractivity contribution in [3.63, 3.8) is 0 Å². The first-order valence-corrected chi connectivity index (χ1v) is 9.63.